The number of aliphatic hydroxyl groups excluding tert-OH is 1. The summed E-state index contributed by atoms with van der Waals surface area (Å²) in [5.41, 5.74) is 1.59. The number of carbonyl (C=O) groups is 1. The minimum Gasteiger partial charge on any atom is -0.390 e. The van der Waals surface area contributed by atoms with Crippen molar-refractivity contribution in [2.45, 2.75) is 38.4 Å². The normalized spacial score (nSPS) is 12.7. The van der Waals surface area contributed by atoms with E-state index in [0.717, 1.165) is 12.0 Å². The predicted octanol–water partition coefficient (Wildman–Crippen LogP) is 2.25. The van der Waals surface area contributed by atoms with Gasteiger partial charge in [-0.2, -0.15) is 0 Å². The van der Waals surface area contributed by atoms with Gasteiger partial charge < -0.3 is 15.5 Å². The van der Waals surface area contributed by atoms with Crippen LogP contribution in [0.25, 0.3) is 0 Å². The summed E-state index contributed by atoms with van der Waals surface area (Å²) >= 11 is 0. The number of nitrogens with zero attached hydrogens (tertiary/aromatic N) is 1. The van der Waals surface area contributed by atoms with Gasteiger partial charge in [0, 0.05) is 30.1 Å². The molecule has 1 atom stereocenters. The first-order valence-electron chi connectivity index (χ1n) is 8.03. The minimum atomic E-state index is -0.784. The summed E-state index contributed by atoms with van der Waals surface area (Å²) in [6.07, 6.45) is 3.84. The van der Waals surface area contributed by atoms with Crippen molar-refractivity contribution in [3.63, 3.8) is 0 Å². The molecule has 2 rings (SSSR count). The Labute approximate surface area is 142 Å². The number of aryl methyl sites for hydroxylation is 1. The molecule has 2 aromatic rings. The van der Waals surface area contributed by atoms with E-state index in [4.69, 9.17) is 0 Å². The molecule has 5 nitrogen and oxygen atoms in total. The van der Waals surface area contributed by atoms with Crippen LogP contribution in [-0.4, -0.2) is 33.3 Å². The Morgan fingerprint density at radius 3 is 2.54 bits per heavy atom. The second-order valence-corrected chi connectivity index (χ2v) is 6.52. The first-order chi connectivity index (χ1) is 11.3. The van der Waals surface area contributed by atoms with Gasteiger partial charge in [0.25, 0.3) is 5.91 Å². The Morgan fingerprint density at radius 1 is 1.25 bits per heavy atom. The van der Waals surface area contributed by atoms with E-state index >= 15 is 0 Å². The Hall–Kier alpha value is -2.24. The highest BCUT2D eigenvalue weighted by molar-refractivity contribution is 5.94. The van der Waals surface area contributed by atoms with Crippen LogP contribution in [0.1, 0.15) is 47.9 Å². The SMILES string of the molecule is CC(C)(O)CCc1ccc(C(=O)NC[C@@H](O)c2cccnc2)cc1. The van der Waals surface area contributed by atoms with Crippen molar-refractivity contribution in [2.75, 3.05) is 6.54 Å². The molecule has 1 aromatic heterocycles. The zero-order valence-corrected chi connectivity index (χ0v) is 14.1. The van der Waals surface area contributed by atoms with E-state index in [-0.39, 0.29) is 12.5 Å². The lowest BCUT2D eigenvalue weighted by Crippen LogP contribution is -2.28. The molecule has 0 aliphatic rings. The molecule has 128 valence electrons. The van der Waals surface area contributed by atoms with E-state index in [9.17, 15) is 15.0 Å². The van der Waals surface area contributed by atoms with E-state index in [0.29, 0.717) is 17.5 Å². The molecule has 3 N–H and O–H groups in total. The standard InChI is InChI=1S/C19H24N2O3/c1-19(2,24)10-9-14-5-7-15(8-6-14)18(23)21-13-17(22)16-4-3-11-20-12-16/h3-8,11-12,17,22,24H,9-10,13H2,1-2H3,(H,21,23)/t17-/m1/s1. The molecule has 1 heterocycles. The fourth-order valence-corrected chi connectivity index (χ4v) is 2.26. The van der Waals surface area contributed by atoms with Crippen LogP contribution in [0.3, 0.4) is 0 Å². The zero-order valence-electron chi connectivity index (χ0n) is 14.1. The van der Waals surface area contributed by atoms with Crippen LogP contribution < -0.4 is 5.32 Å². The third-order valence-corrected chi connectivity index (χ3v) is 3.77. The molecule has 0 bridgehead atoms. The highest BCUT2D eigenvalue weighted by Gasteiger charge is 2.13. The lowest BCUT2D eigenvalue weighted by Gasteiger charge is -2.16. The summed E-state index contributed by atoms with van der Waals surface area (Å²) in [6, 6.07) is 10.8. The lowest BCUT2D eigenvalue weighted by atomic mass is 9.98. The van der Waals surface area contributed by atoms with Gasteiger partial charge in [0.05, 0.1) is 11.7 Å². The van der Waals surface area contributed by atoms with Gasteiger partial charge in [0.15, 0.2) is 0 Å². The second-order valence-electron chi connectivity index (χ2n) is 6.52. The Kier molecular flexibility index (Phi) is 6.06. The second kappa shape index (κ2) is 8.04. The topological polar surface area (TPSA) is 82.5 Å². The van der Waals surface area contributed by atoms with Crippen LogP contribution in [-0.2, 0) is 6.42 Å². The molecular weight excluding hydrogens is 304 g/mol. The number of hydrogen-bond acceptors (Lipinski definition) is 4. The monoisotopic (exact) mass is 328 g/mol. The Bertz CT molecular complexity index is 649. The molecule has 0 saturated carbocycles. The molecule has 0 aliphatic heterocycles. The van der Waals surface area contributed by atoms with Gasteiger partial charge in [-0.25, -0.2) is 0 Å². The predicted molar refractivity (Wildman–Crippen MR) is 92.6 cm³/mol. The maximum Gasteiger partial charge on any atom is 0.251 e. The van der Waals surface area contributed by atoms with E-state index < -0.39 is 11.7 Å². The van der Waals surface area contributed by atoms with Crippen LogP contribution in [0.4, 0.5) is 0 Å². The highest BCUT2D eigenvalue weighted by Crippen LogP contribution is 2.14. The number of benzene rings is 1. The first-order valence-corrected chi connectivity index (χ1v) is 8.03. The summed E-state index contributed by atoms with van der Waals surface area (Å²) in [5, 5.41) is 22.5. The number of aromatic nitrogens is 1. The van der Waals surface area contributed by atoms with E-state index in [1.165, 1.54) is 0 Å². The summed E-state index contributed by atoms with van der Waals surface area (Å²) < 4.78 is 0. The number of rotatable bonds is 7. The smallest absolute Gasteiger partial charge is 0.251 e. The van der Waals surface area contributed by atoms with Crippen LogP contribution >= 0.6 is 0 Å². The van der Waals surface area contributed by atoms with Crippen molar-refractivity contribution in [3.8, 4) is 0 Å². The van der Waals surface area contributed by atoms with Gasteiger partial charge >= 0.3 is 0 Å². The van der Waals surface area contributed by atoms with Crippen LogP contribution in [0, 0.1) is 0 Å². The van der Waals surface area contributed by atoms with Gasteiger partial charge in [-0.15, -0.1) is 0 Å². The van der Waals surface area contributed by atoms with Crippen molar-refractivity contribution < 1.29 is 15.0 Å². The maximum atomic E-state index is 12.1. The van der Waals surface area contributed by atoms with Gasteiger partial charge in [-0.3, -0.25) is 9.78 Å². The van der Waals surface area contributed by atoms with Crippen molar-refractivity contribution in [1.82, 2.24) is 10.3 Å². The highest BCUT2D eigenvalue weighted by atomic mass is 16.3. The van der Waals surface area contributed by atoms with Crippen LogP contribution in [0.2, 0.25) is 0 Å². The third-order valence-electron chi connectivity index (χ3n) is 3.77. The third kappa shape index (κ3) is 5.76. The van der Waals surface area contributed by atoms with Crippen LogP contribution in [0.15, 0.2) is 48.8 Å². The van der Waals surface area contributed by atoms with Gasteiger partial charge in [-0.05, 0) is 50.5 Å². The van der Waals surface area contributed by atoms with Gasteiger partial charge in [0.2, 0.25) is 0 Å². The molecule has 0 unspecified atom stereocenters. The number of hydrogen-bond donors (Lipinski definition) is 3. The van der Waals surface area contributed by atoms with E-state index in [1.807, 2.05) is 12.1 Å². The zero-order chi connectivity index (χ0) is 17.6. The fourth-order valence-electron chi connectivity index (χ4n) is 2.26. The Balaban J connectivity index is 1.86. The summed E-state index contributed by atoms with van der Waals surface area (Å²) in [6.45, 7) is 3.69. The quantitative estimate of drug-likeness (QED) is 0.728. The van der Waals surface area contributed by atoms with E-state index in [1.54, 1.807) is 50.5 Å². The molecule has 0 aliphatic carbocycles. The molecular formula is C19H24N2O3. The average molecular weight is 328 g/mol. The molecule has 1 amide bonds. The summed E-state index contributed by atoms with van der Waals surface area (Å²) in [4.78, 5) is 16.1. The number of carbonyl (C=O) groups excluding carboxylic acids is 1. The molecule has 5 heteroatoms. The minimum absolute atomic E-state index is 0.130. The average Bonchev–Trinajstić information content (AvgIpc) is 2.58. The molecule has 1 aromatic carbocycles. The van der Waals surface area contributed by atoms with Crippen molar-refractivity contribution in [1.29, 1.82) is 0 Å². The summed E-state index contributed by atoms with van der Waals surface area (Å²) in [7, 11) is 0. The lowest BCUT2D eigenvalue weighted by molar-refractivity contribution is 0.0713. The molecule has 0 spiro atoms. The number of amides is 1. The first kappa shape index (κ1) is 18.1. The van der Waals surface area contributed by atoms with Gasteiger partial charge in [0.1, 0.15) is 0 Å². The Morgan fingerprint density at radius 2 is 1.96 bits per heavy atom. The number of nitrogens with one attached hydrogen (secondary N) is 1. The summed E-state index contributed by atoms with van der Waals surface area (Å²) in [5.74, 6) is -0.230. The largest absolute Gasteiger partial charge is 0.390 e. The van der Waals surface area contributed by atoms with Crippen molar-refractivity contribution in [3.05, 3.63) is 65.5 Å². The van der Waals surface area contributed by atoms with Crippen LogP contribution in [0.5, 0.6) is 0 Å². The molecule has 0 saturated heterocycles. The van der Waals surface area contributed by atoms with E-state index in [2.05, 4.69) is 10.3 Å². The number of pyridine rings is 1. The molecule has 0 fully saturated rings. The van der Waals surface area contributed by atoms with Gasteiger partial charge in [-0.1, -0.05) is 18.2 Å². The van der Waals surface area contributed by atoms with Crippen molar-refractivity contribution >= 4 is 5.91 Å². The molecule has 24 heavy (non-hydrogen) atoms. The van der Waals surface area contributed by atoms with Crippen molar-refractivity contribution in [2.24, 2.45) is 0 Å². The maximum absolute atomic E-state index is 12.1. The number of aliphatic hydroxyl groups is 2. The molecule has 0 radical (unpaired) electrons. The fraction of sp³-hybridized carbons (Fsp3) is 0.368.